The molecule has 0 aliphatic rings. The van der Waals surface area contributed by atoms with Crippen molar-refractivity contribution >= 4 is 40.4 Å². The van der Waals surface area contributed by atoms with Crippen LogP contribution in [0.15, 0.2) is 77.3 Å². The van der Waals surface area contributed by atoms with Crippen LogP contribution in [0.5, 0.6) is 0 Å². The number of anilines is 2. The molecule has 33 heavy (non-hydrogen) atoms. The van der Waals surface area contributed by atoms with Crippen molar-refractivity contribution in [3.63, 3.8) is 0 Å². The van der Waals surface area contributed by atoms with Crippen LogP contribution in [0, 0.1) is 0 Å². The van der Waals surface area contributed by atoms with E-state index in [0.717, 1.165) is 41.7 Å². The van der Waals surface area contributed by atoms with Gasteiger partial charge in [-0.3, -0.25) is 4.79 Å². The number of nitrogens with zero attached hydrogens (tertiary/aromatic N) is 4. The summed E-state index contributed by atoms with van der Waals surface area (Å²) in [5.41, 5.74) is 3.14. The third-order valence-corrected chi connectivity index (χ3v) is 7.02. The van der Waals surface area contributed by atoms with Crippen molar-refractivity contribution < 1.29 is 4.79 Å². The minimum atomic E-state index is -0.0602. The second-order valence-electron chi connectivity index (χ2n) is 7.82. The zero-order chi connectivity index (χ0) is 23.0. The lowest BCUT2D eigenvalue weighted by atomic mass is 10.1. The molecule has 1 N–H and O–H groups in total. The molecule has 0 aliphatic carbocycles. The van der Waals surface area contributed by atoms with E-state index in [4.69, 9.17) is 0 Å². The number of hydrogen-bond acceptors (Lipinski definition) is 6. The molecule has 6 nitrogen and oxygen atoms in total. The Morgan fingerprint density at radius 2 is 1.82 bits per heavy atom. The van der Waals surface area contributed by atoms with Crippen molar-refractivity contribution in [1.29, 1.82) is 0 Å². The molecule has 1 amide bonds. The van der Waals surface area contributed by atoms with Crippen LogP contribution in [-0.4, -0.2) is 40.5 Å². The van der Waals surface area contributed by atoms with Crippen LogP contribution in [0.25, 0.3) is 0 Å². The first-order chi connectivity index (χ1) is 16.1. The third kappa shape index (κ3) is 6.46. The number of benzene rings is 2. The van der Waals surface area contributed by atoms with Crippen LogP contribution in [0.3, 0.4) is 0 Å². The van der Waals surface area contributed by atoms with Gasteiger partial charge in [-0.15, -0.1) is 21.5 Å². The monoisotopic (exact) mass is 477 g/mol. The topological polar surface area (TPSA) is 63.1 Å². The first-order valence-corrected chi connectivity index (χ1v) is 12.6. The zero-order valence-corrected chi connectivity index (χ0v) is 20.4. The van der Waals surface area contributed by atoms with Crippen molar-refractivity contribution in [3.05, 3.63) is 88.4 Å². The Bertz CT molecular complexity index is 1160. The summed E-state index contributed by atoms with van der Waals surface area (Å²) in [5.74, 6) is 1.14. The highest BCUT2D eigenvalue weighted by Crippen LogP contribution is 2.22. The number of rotatable bonds is 10. The molecule has 2 aromatic heterocycles. The summed E-state index contributed by atoms with van der Waals surface area (Å²) in [5, 5.41) is 14.7. The van der Waals surface area contributed by atoms with Crippen molar-refractivity contribution in [1.82, 2.24) is 14.8 Å². The second-order valence-corrected chi connectivity index (χ2v) is 9.80. The SMILES string of the molecule is CN(C)c1ccc(NC(=O)CSc2nnc(Cc3cccs3)n2CCc2ccccc2)cc1. The van der Waals surface area contributed by atoms with E-state index in [9.17, 15) is 4.79 Å². The van der Waals surface area contributed by atoms with Crippen LogP contribution in [0.4, 0.5) is 11.4 Å². The van der Waals surface area contributed by atoms with Gasteiger partial charge in [0.15, 0.2) is 5.16 Å². The Morgan fingerprint density at radius 3 is 2.52 bits per heavy atom. The molecule has 170 valence electrons. The molecular weight excluding hydrogens is 450 g/mol. The predicted molar refractivity (Wildman–Crippen MR) is 137 cm³/mol. The average Bonchev–Trinajstić information content (AvgIpc) is 3.47. The van der Waals surface area contributed by atoms with Gasteiger partial charge in [0, 0.05) is 43.3 Å². The molecule has 0 atom stereocenters. The number of carbonyl (C=O) groups excluding carboxylic acids is 1. The Hall–Kier alpha value is -3.10. The summed E-state index contributed by atoms with van der Waals surface area (Å²) in [4.78, 5) is 15.8. The highest BCUT2D eigenvalue weighted by atomic mass is 32.2. The second kappa shape index (κ2) is 11.2. The lowest BCUT2D eigenvalue weighted by molar-refractivity contribution is -0.113. The third-order valence-electron chi connectivity index (χ3n) is 5.17. The Morgan fingerprint density at radius 1 is 1.03 bits per heavy atom. The molecule has 2 aromatic carbocycles. The number of hydrogen-bond donors (Lipinski definition) is 1. The standard InChI is InChI=1S/C25H27N5OS2/c1-29(2)21-12-10-20(11-13-21)26-24(31)18-33-25-28-27-23(17-22-9-6-16-32-22)30(25)15-14-19-7-4-3-5-8-19/h3-13,16H,14-15,17-18H2,1-2H3,(H,26,31). The molecule has 4 rings (SSSR count). The molecule has 4 aromatic rings. The van der Waals surface area contributed by atoms with Gasteiger partial charge in [-0.2, -0.15) is 0 Å². The van der Waals surface area contributed by atoms with Gasteiger partial charge < -0.3 is 14.8 Å². The number of aromatic nitrogens is 3. The van der Waals surface area contributed by atoms with E-state index in [-0.39, 0.29) is 11.7 Å². The van der Waals surface area contributed by atoms with E-state index in [2.05, 4.69) is 61.9 Å². The first kappa shape index (κ1) is 23.1. The minimum Gasteiger partial charge on any atom is -0.378 e. The van der Waals surface area contributed by atoms with E-state index in [1.54, 1.807) is 11.3 Å². The number of carbonyl (C=O) groups is 1. The van der Waals surface area contributed by atoms with Gasteiger partial charge in [0.2, 0.25) is 5.91 Å². The van der Waals surface area contributed by atoms with E-state index < -0.39 is 0 Å². The van der Waals surface area contributed by atoms with E-state index in [1.165, 1.54) is 22.2 Å². The fourth-order valence-corrected chi connectivity index (χ4v) is 4.89. The number of thiophene rings is 1. The number of amides is 1. The largest absolute Gasteiger partial charge is 0.378 e. The molecule has 0 unspecified atom stereocenters. The maximum Gasteiger partial charge on any atom is 0.234 e. The van der Waals surface area contributed by atoms with Gasteiger partial charge in [0.1, 0.15) is 5.82 Å². The van der Waals surface area contributed by atoms with Crippen LogP contribution in [0.1, 0.15) is 16.3 Å². The molecular formula is C25H27N5OS2. The quantitative estimate of drug-likeness (QED) is 0.327. The summed E-state index contributed by atoms with van der Waals surface area (Å²) in [7, 11) is 3.98. The molecule has 0 saturated carbocycles. The van der Waals surface area contributed by atoms with Gasteiger partial charge in [0.05, 0.1) is 5.75 Å². The maximum absolute atomic E-state index is 12.6. The van der Waals surface area contributed by atoms with Crippen LogP contribution in [-0.2, 0) is 24.2 Å². The molecule has 2 heterocycles. The van der Waals surface area contributed by atoms with E-state index in [0.29, 0.717) is 0 Å². The van der Waals surface area contributed by atoms with Crippen molar-refractivity contribution in [2.45, 2.75) is 24.5 Å². The molecule has 0 saturated heterocycles. The summed E-state index contributed by atoms with van der Waals surface area (Å²) in [6, 6.07) is 22.4. The number of nitrogens with one attached hydrogen (secondary N) is 1. The molecule has 0 radical (unpaired) electrons. The smallest absolute Gasteiger partial charge is 0.234 e. The van der Waals surface area contributed by atoms with Crippen LogP contribution < -0.4 is 10.2 Å². The molecule has 0 fully saturated rings. The Balaban J connectivity index is 1.42. The summed E-state index contributed by atoms with van der Waals surface area (Å²) < 4.78 is 2.15. The maximum atomic E-state index is 12.6. The van der Waals surface area contributed by atoms with E-state index >= 15 is 0 Å². The molecule has 0 spiro atoms. The van der Waals surface area contributed by atoms with Gasteiger partial charge in [-0.25, -0.2) is 0 Å². The van der Waals surface area contributed by atoms with Gasteiger partial charge in [-0.1, -0.05) is 48.2 Å². The summed E-state index contributed by atoms with van der Waals surface area (Å²) in [6.45, 7) is 0.771. The normalized spacial score (nSPS) is 10.8. The highest BCUT2D eigenvalue weighted by molar-refractivity contribution is 7.99. The molecule has 0 bridgehead atoms. The minimum absolute atomic E-state index is 0.0602. The van der Waals surface area contributed by atoms with Crippen molar-refractivity contribution in [2.24, 2.45) is 0 Å². The fourth-order valence-electron chi connectivity index (χ4n) is 3.41. The zero-order valence-electron chi connectivity index (χ0n) is 18.8. The van der Waals surface area contributed by atoms with Crippen molar-refractivity contribution in [3.8, 4) is 0 Å². The van der Waals surface area contributed by atoms with E-state index in [1.807, 2.05) is 49.3 Å². The molecule has 0 aliphatic heterocycles. The van der Waals surface area contributed by atoms with Crippen molar-refractivity contribution in [2.75, 3.05) is 30.1 Å². The fraction of sp³-hybridized carbons (Fsp3) is 0.240. The van der Waals surface area contributed by atoms with Gasteiger partial charge in [0.25, 0.3) is 0 Å². The van der Waals surface area contributed by atoms with Gasteiger partial charge in [-0.05, 0) is 47.7 Å². The first-order valence-electron chi connectivity index (χ1n) is 10.8. The number of aryl methyl sites for hydroxylation is 1. The molecule has 8 heteroatoms. The Kier molecular flexibility index (Phi) is 7.80. The Labute approximate surface area is 202 Å². The van der Waals surface area contributed by atoms with Gasteiger partial charge >= 0.3 is 0 Å². The average molecular weight is 478 g/mol. The van der Waals surface area contributed by atoms with Crippen LogP contribution >= 0.6 is 23.1 Å². The van der Waals surface area contributed by atoms with Crippen LogP contribution in [0.2, 0.25) is 0 Å². The lowest BCUT2D eigenvalue weighted by Gasteiger charge is -2.13. The highest BCUT2D eigenvalue weighted by Gasteiger charge is 2.15. The number of thioether (sulfide) groups is 1. The lowest BCUT2D eigenvalue weighted by Crippen LogP contribution is -2.15. The summed E-state index contributed by atoms with van der Waals surface area (Å²) in [6.07, 6.45) is 1.62. The summed E-state index contributed by atoms with van der Waals surface area (Å²) >= 11 is 3.14. The predicted octanol–water partition coefficient (Wildman–Crippen LogP) is 4.97.